The number of rotatable bonds is 7. The Labute approximate surface area is 123 Å². The average molecular weight is 293 g/mol. The maximum Gasteiger partial charge on any atom is 0.407 e. The number of carbonyl (C=O) groups excluding carboxylic acids is 3. The number of esters is 1. The molecule has 21 heavy (non-hydrogen) atoms. The largest absolute Gasteiger partial charge is 0.454 e. The number of nitrogens with one attached hydrogen (secondary N) is 1. The van der Waals surface area contributed by atoms with E-state index in [1.165, 1.54) is 13.8 Å². The van der Waals surface area contributed by atoms with Crippen molar-refractivity contribution in [1.82, 2.24) is 5.32 Å². The second-order valence-corrected chi connectivity index (χ2v) is 4.49. The minimum Gasteiger partial charge on any atom is -0.454 e. The molecule has 0 aromatic heterocycles. The van der Waals surface area contributed by atoms with E-state index < -0.39 is 18.2 Å². The normalized spacial score (nSPS) is 11.3. The van der Waals surface area contributed by atoms with E-state index in [0.29, 0.717) is 0 Å². The summed E-state index contributed by atoms with van der Waals surface area (Å²) in [7, 11) is 0. The van der Waals surface area contributed by atoms with E-state index in [4.69, 9.17) is 9.47 Å². The van der Waals surface area contributed by atoms with Crippen molar-refractivity contribution in [2.75, 3.05) is 6.54 Å². The highest BCUT2D eigenvalue weighted by molar-refractivity contribution is 5.83. The van der Waals surface area contributed by atoms with Gasteiger partial charge in [-0.1, -0.05) is 30.3 Å². The quantitative estimate of drug-likeness (QED) is 0.775. The molecule has 114 valence electrons. The zero-order valence-corrected chi connectivity index (χ0v) is 12.1. The van der Waals surface area contributed by atoms with Crippen LogP contribution in [0.2, 0.25) is 0 Å². The van der Waals surface area contributed by atoms with Crippen molar-refractivity contribution in [1.29, 1.82) is 0 Å². The van der Waals surface area contributed by atoms with Crippen molar-refractivity contribution >= 4 is 17.8 Å². The fourth-order valence-electron chi connectivity index (χ4n) is 1.62. The molecule has 0 aliphatic rings. The van der Waals surface area contributed by atoms with Crippen LogP contribution in [0.1, 0.15) is 25.8 Å². The number of hydrogen-bond acceptors (Lipinski definition) is 5. The van der Waals surface area contributed by atoms with E-state index in [2.05, 4.69) is 5.32 Å². The Kier molecular flexibility index (Phi) is 6.94. The molecule has 0 radical (unpaired) electrons. The molecule has 1 N–H and O–H groups in total. The summed E-state index contributed by atoms with van der Waals surface area (Å²) in [6.45, 7) is 2.93. The fourth-order valence-corrected chi connectivity index (χ4v) is 1.62. The molecule has 0 heterocycles. The number of benzene rings is 1. The van der Waals surface area contributed by atoms with Crippen molar-refractivity contribution in [2.45, 2.75) is 33.0 Å². The highest BCUT2D eigenvalue weighted by Gasteiger charge is 2.17. The van der Waals surface area contributed by atoms with Crippen molar-refractivity contribution in [2.24, 2.45) is 0 Å². The molecule has 0 aliphatic carbocycles. The Morgan fingerprint density at radius 3 is 2.38 bits per heavy atom. The smallest absolute Gasteiger partial charge is 0.407 e. The molecular weight excluding hydrogens is 274 g/mol. The van der Waals surface area contributed by atoms with Crippen LogP contribution in [-0.2, 0) is 25.7 Å². The second-order valence-electron chi connectivity index (χ2n) is 4.49. The molecule has 1 rings (SSSR count). The summed E-state index contributed by atoms with van der Waals surface area (Å²) in [5.74, 6) is -0.786. The lowest BCUT2D eigenvalue weighted by Crippen LogP contribution is -2.32. The third-order valence-electron chi connectivity index (χ3n) is 2.65. The Hall–Kier alpha value is -2.37. The SMILES string of the molecule is CC(=O)OC(CCNC(=O)OCc1ccccc1)C(C)=O. The highest BCUT2D eigenvalue weighted by Crippen LogP contribution is 2.02. The molecule has 1 amide bonds. The standard InChI is InChI=1S/C15H19NO5/c1-11(17)14(21-12(2)18)8-9-16-15(19)20-10-13-6-4-3-5-7-13/h3-7,14H,8-10H2,1-2H3,(H,16,19). The van der Waals surface area contributed by atoms with Crippen molar-refractivity contribution in [3.05, 3.63) is 35.9 Å². The first-order valence-corrected chi connectivity index (χ1v) is 6.61. The Balaban J connectivity index is 2.26. The maximum atomic E-state index is 11.5. The van der Waals surface area contributed by atoms with Gasteiger partial charge in [-0.2, -0.15) is 0 Å². The van der Waals surface area contributed by atoms with E-state index in [-0.39, 0.29) is 25.4 Å². The van der Waals surface area contributed by atoms with Gasteiger partial charge in [0.05, 0.1) is 0 Å². The maximum absolute atomic E-state index is 11.5. The third kappa shape index (κ3) is 7.10. The average Bonchev–Trinajstić information content (AvgIpc) is 2.44. The van der Waals surface area contributed by atoms with Gasteiger partial charge in [0.25, 0.3) is 0 Å². The summed E-state index contributed by atoms with van der Waals surface area (Å²) in [6.07, 6.45) is -1.20. The predicted molar refractivity (Wildman–Crippen MR) is 75.5 cm³/mol. The molecule has 1 aromatic carbocycles. The van der Waals surface area contributed by atoms with Gasteiger partial charge in [-0.05, 0) is 12.5 Å². The molecule has 1 atom stereocenters. The van der Waals surface area contributed by atoms with Gasteiger partial charge >= 0.3 is 12.1 Å². The van der Waals surface area contributed by atoms with Crippen LogP contribution < -0.4 is 5.32 Å². The molecule has 0 aliphatic heterocycles. The topological polar surface area (TPSA) is 81.7 Å². The van der Waals surface area contributed by atoms with E-state index in [1.54, 1.807) is 0 Å². The number of hydrogen-bond donors (Lipinski definition) is 1. The van der Waals surface area contributed by atoms with Crippen molar-refractivity contribution in [3.8, 4) is 0 Å². The molecule has 6 nitrogen and oxygen atoms in total. The summed E-state index contributed by atoms with van der Waals surface area (Å²) >= 11 is 0. The number of carbonyl (C=O) groups is 3. The van der Waals surface area contributed by atoms with E-state index in [1.807, 2.05) is 30.3 Å². The van der Waals surface area contributed by atoms with Crippen LogP contribution in [0.15, 0.2) is 30.3 Å². The molecule has 1 unspecified atom stereocenters. The minimum atomic E-state index is -0.836. The Bertz CT molecular complexity index is 486. The molecule has 0 bridgehead atoms. The van der Waals surface area contributed by atoms with Crippen LogP contribution in [-0.4, -0.2) is 30.5 Å². The van der Waals surface area contributed by atoms with Crippen molar-refractivity contribution in [3.63, 3.8) is 0 Å². The van der Waals surface area contributed by atoms with Gasteiger partial charge in [0.1, 0.15) is 6.61 Å². The van der Waals surface area contributed by atoms with Crippen LogP contribution in [0.3, 0.4) is 0 Å². The lowest BCUT2D eigenvalue weighted by atomic mass is 10.2. The summed E-state index contributed by atoms with van der Waals surface area (Å²) in [5, 5.41) is 2.51. The number of ketones is 1. The lowest BCUT2D eigenvalue weighted by Gasteiger charge is -2.14. The molecule has 0 spiro atoms. The van der Waals surface area contributed by atoms with E-state index >= 15 is 0 Å². The third-order valence-corrected chi connectivity index (χ3v) is 2.65. The summed E-state index contributed by atoms with van der Waals surface area (Å²) in [4.78, 5) is 33.5. The Morgan fingerprint density at radius 1 is 1.14 bits per heavy atom. The van der Waals surface area contributed by atoms with Crippen LogP contribution in [0.25, 0.3) is 0 Å². The minimum absolute atomic E-state index is 0.173. The van der Waals surface area contributed by atoms with E-state index in [9.17, 15) is 14.4 Å². The van der Waals surface area contributed by atoms with Crippen LogP contribution in [0.5, 0.6) is 0 Å². The van der Waals surface area contributed by atoms with Gasteiger partial charge in [0.15, 0.2) is 11.9 Å². The van der Waals surface area contributed by atoms with Crippen LogP contribution >= 0.6 is 0 Å². The highest BCUT2D eigenvalue weighted by atomic mass is 16.6. The molecular formula is C15H19NO5. The Morgan fingerprint density at radius 2 is 1.81 bits per heavy atom. The molecule has 6 heteroatoms. The fraction of sp³-hybridized carbons (Fsp3) is 0.400. The molecule has 0 saturated heterocycles. The van der Waals surface area contributed by atoms with Gasteiger partial charge in [0.2, 0.25) is 0 Å². The van der Waals surface area contributed by atoms with Gasteiger partial charge < -0.3 is 14.8 Å². The number of alkyl carbamates (subject to hydrolysis) is 1. The monoisotopic (exact) mass is 293 g/mol. The van der Waals surface area contributed by atoms with Gasteiger partial charge in [0, 0.05) is 19.9 Å². The zero-order valence-electron chi connectivity index (χ0n) is 12.1. The van der Waals surface area contributed by atoms with Crippen molar-refractivity contribution < 1.29 is 23.9 Å². The number of ether oxygens (including phenoxy) is 2. The number of Topliss-reactive ketones (excluding diaryl/α,β-unsaturated/α-hetero) is 1. The molecule has 0 fully saturated rings. The van der Waals surface area contributed by atoms with E-state index in [0.717, 1.165) is 5.56 Å². The van der Waals surface area contributed by atoms with Gasteiger partial charge in [-0.25, -0.2) is 4.79 Å². The number of amides is 1. The van der Waals surface area contributed by atoms with Crippen LogP contribution in [0.4, 0.5) is 4.79 Å². The predicted octanol–water partition coefficient (Wildman–Crippen LogP) is 1.82. The lowest BCUT2D eigenvalue weighted by molar-refractivity contribution is -0.152. The summed E-state index contributed by atoms with van der Waals surface area (Å²) < 4.78 is 9.85. The molecule has 0 saturated carbocycles. The van der Waals surface area contributed by atoms with Crippen LogP contribution in [0, 0.1) is 0 Å². The summed E-state index contributed by atoms with van der Waals surface area (Å²) in [5.41, 5.74) is 0.883. The first-order valence-electron chi connectivity index (χ1n) is 6.61. The first-order chi connectivity index (χ1) is 9.99. The summed E-state index contributed by atoms with van der Waals surface area (Å²) in [6, 6.07) is 9.28. The zero-order chi connectivity index (χ0) is 15.7. The van der Waals surface area contributed by atoms with Gasteiger partial charge in [-0.15, -0.1) is 0 Å². The first kappa shape index (κ1) is 16.7. The second kappa shape index (κ2) is 8.73. The molecule has 1 aromatic rings. The van der Waals surface area contributed by atoms with Gasteiger partial charge in [-0.3, -0.25) is 9.59 Å².